The van der Waals surface area contributed by atoms with E-state index in [-0.39, 0.29) is 0 Å². The number of rotatable bonds is 5. The number of hydrogen-bond donors (Lipinski definition) is 0. The summed E-state index contributed by atoms with van der Waals surface area (Å²) in [7, 11) is 2.22. The zero-order valence-corrected chi connectivity index (χ0v) is 13.5. The van der Waals surface area contributed by atoms with E-state index in [0.29, 0.717) is 0 Å². The summed E-state index contributed by atoms with van der Waals surface area (Å²) in [6.45, 7) is 4.70. The van der Waals surface area contributed by atoms with Crippen molar-refractivity contribution in [1.29, 1.82) is 0 Å². The van der Waals surface area contributed by atoms with Crippen LogP contribution in [0.1, 0.15) is 24.3 Å². The van der Waals surface area contributed by atoms with Gasteiger partial charge in [-0.2, -0.15) is 0 Å². The second-order valence-corrected chi connectivity index (χ2v) is 7.76. The monoisotopic (exact) mass is 301 g/mol. The molecule has 2 aliphatic rings. The smallest absolute Gasteiger partial charge is 0.108 e. The van der Waals surface area contributed by atoms with Crippen molar-refractivity contribution in [3.05, 3.63) is 29.3 Å². The quantitative estimate of drug-likeness (QED) is 0.845. The average molecular weight is 301 g/mol. The molecular weight excluding hydrogens is 278 g/mol. The Morgan fingerprint density at radius 3 is 3.00 bits per heavy atom. The molecular formula is C17H23N3S. The minimum atomic E-state index is 0.894. The molecule has 1 saturated heterocycles. The Hall–Kier alpha value is -0.970. The number of hydrogen-bond acceptors (Lipinski definition) is 4. The highest BCUT2D eigenvalue weighted by atomic mass is 32.1. The number of piperidine rings is 1. The van der Waals surface area contributed by atoms with Crippen LogP contribution in [0.25, 0.3) is 10.2 Å². The molecule has 0 amide bonds. The standard InChI is InChI=1S/C17H23N3S/c1-19(8-9-20-11-13-6-7-14(20)10-13)12-17-18-15-4-2-3-5-16(15)21-17/h2-5,13-14H,6-12H2,1H3/t13-,14+/m1/s1. The van der Waals surface area contributed by atoms with Crippen molar-refractivity contribution in [2.24, 2.45) is 5.92 Å². The maximum Gasteiger partial charge on any atom is 0.108 e. The second kappa shape index (κ2) is 5.67. The third kappa shape index (κ3) is 2.85. The minimum absolute atomic E-state index is 0.894. The molecule has 0 spiro atoms. The molecule has 1 aromatic carbocycles. The summed E-state index contributed by atoms with van der Waals surface area (Å²) in [6, 6.07) is 9.33. The van der Waals surface area contributed by atoms with E-state index in [0.717, 1.165) is 30.6 Å². The van der Waals surface area contributed by atoms with Crippen LogP contribution in [-0.2, 0) is 6.54 Å². The molecule has 1 aliphatic heterocycles. The lowest BCUT2D eigenvalue weighted by molar-refractivity contribution is 0.182. The van der Waals surface area contributed by atoms with Crippen molar-refractivity contribution < 1.29 is 0 Å². The molecule has 1 aromatic heterocycles. The van der Waals surface area contributed by atoms with E-state index in [1.807, 2.05) is 11.3 Å². The SMILES string of the molecule is CN(CCN1C[C@@H]2CC[C@H]1C2)Cc1nc2ccccc2s1. The van der Waals surface area contributed by atoms with Gasteiger partial charge in [0.1, 0.15) is 5.01 Å². The minimum Gasteiger partial charge on any atom is -0.299 e. The Balaban J connectivity index is 1.32. The summed E-state index contributed by atoms with van der Waals surface area (Å²) in [4.78, 5) is 9.87. The van der Waals surface area contributed by atoms with E-state index < -0.39 is 0 Å². The van der Waals surface area contributed by atoms with Crippen LogP contribution in [0.2, 0.25) is 0 Å². The first kappa shape index (κ1) is 13.7. The van der Waals surface area contributed by atoms with E-state index in [2.05, 4.69) is 41.1 Å². The molecule has 1 aliphatic carbocycles. The number of nitrogens with zero attached hydrogens (tertiary/aromatic N) is 3. The van der Waals surface area contributed by atoms with Crippen molar-refractivity contribution in [1.82, 2.24) is 14.8 Å². The third-order valence-corrected chi connectivity index (χ3v) is 6.06. The maximum absolute atomic E-state index is 4.73. The largest absolute Gasteiger partial charge is 0.299 e. The van der Waals surface area contributed by atoms with Gasteiger partial charge in [-0.25, -0.2) is 4.98 Å². The highest BCUT2D eigenvalue weighted by Crippen LogP contribution is 2.36. The van der Waals surface area contributed by atoms with Crippen molar-refractivity contribution in [3.63, 3.8) is 0 Å². The van der Waals surface area contributed by atoms with Crippen LogP contribution in [0.3, 0.4) is 0 Å². The number of benzene rings is 1. The lowest BCUT2D eigenvalue weighted by Crippen LogP contribution is -2.38. The zero-order chi connectivity index (χ0) is 14.2. The molecule has 0 radical (unpaired) electrons. The van der Waals surface area contributed by atoms with E-state index in [1.165, 1.54) is 42.1 Å². The summed E-state index contributed by atoms with van der Waals surface area (Å²) >= 11 is 1.83. The maximum atomic E-state index is 4.73. The Kier molecular flexibility index (Phi) is 3.69. The summed E-state index contributed by atoms with van der Waals surface area (Å²) in [5.74, 6) is 1.00. The number of likely N-dealkylation sites (tertiary alicyclic amines) is 1. The summed E-state index contributed by atoms with van der Waals surface area (Å²) in [6.07, 6.45) is 4.37. The van der Waals surface area contributed by atoms with Gasteiger partial charge >= 0.3 is 0 Å². The number of para-hydroxylation sites is 1. The molecule has 112 valence electrons. The third-order valence-electron chi connectivity index (χ3n) is 5.03. The first-order valence-electron chi connectivity index (χ1n) is 8.05. The van der Waals surface area contributed by atoms with Gasteiger partial charge in [-0.1, -0.05) is 12.1 Å². The molecule has 21 heavy (non-hydrogen) atoms. The first-order valence-corrected chi connectivity index (χ1v) is 8.86. The van der Waals surface area contributed by atoms with Crippen LogP contribution in [-0.4, -0.2) is 47.5 Å². The predicted octanol–water partition coefficient (Wildman–Crippen LogP) is 3.21. The average Bonchev–Trinajstić information content (AvgIpc) is 3.19. The molecule has 2 aromatic rings. The second-order valence-electron chi connectivity index (χ2n) is 6.64. The van der Waals surface area contributed by atoms with Crippen LogP contribution >= 0.6 is 11.3 Å². The van der Waals surface area contributed by atoms with Gasteiger partial charge in [0.05, 0.1) is 16.8 Å². The number of likely N-dealkylation sites (N-methyl/N-ethyl adjacent to an activating group) is 1. The summed E-state index contributed by atoms with van der Waals surface area (Å²) in [5.41, 5.74) is 1.14. The molecule has 0 N–H and O–H groups in total. The summed E-state index contributed by atoms with van der Waals surface area (Å²) in [5, 5.41) is 1.24. The van der Waals surface area contributed by atoms with Crippen LogP contribution in [0.5, 0.6) is 0 Å². The van der Waals surface area contributed by atoms with Gasteiger partial charge in [-0.15, -0.1) is 11.3 Å². The van der Waals surface area contributed by atoms with Gasteiger partial charge in [0.15, 0.2) is 0 Å². The van der Waals surface area contributed by atoms with Crippen molar-refractivity contribution in [3.8, 4) is 0 Å². The molecule has 1 saturated carbocycles. The van der Waals surface area contributed by atoms with E-state index in [1.54, 1.807) is 0 Å². The number of fused-ring (bicyclic) bond motifs is 3. The van der Waals surface area contributed by atoms with E-state index in [9.17, 15) is 0 Å². The lowest BCUT2D eigenvalue weighted by Gasteiger charge is -2.28. The number of aromatic nitrogens is 1. The van der Waals surface area contributed by atoms with Crippen LogP contribution in [0.4, 0.5) is 0 Å². The molecule has 2 fully saturated rings. The molecule has 4 heteroatoms. The van der Waals surface area contributed by atoms with Gasteiger partial charge in [-0.3, -0.25) is 9.80 Å². The fourth-order valence-electron chi connectivity index (χ4n) is 3.90. The number of thiazole rings is 1. The van der Waals surface area contributed by atoms with Gasteiger partial charge in [-0.05, 0) is 44.4 Å². The van der Waals surface area contributed by atoms with Crippen molar-refractivity contribution >= 4 is 21.6 Å². The first-order chi connectivity index (χ1) is 10.3. The Morgan fingerprint density at radius 1 is 1.33 bits per heavy atom. The van der Waals surface area contributed by atoms with Crippen LogP contribution in [0, 0.1) is 5.92 Å². The lowest BCUT2D eigenvalue weighted by atomic mass is 10.1. The topological polar surface area (TPSA) is 19.4 Å². The van der Waals surface area contributed by atoms with Gasteiger partial charge in [0.25, 0.3) is 0 Å². The Morgan fingerprint density at radius 2 is 2.24 bits per heavy atom. The highest BCUT2D eigenvalue weighted by molar-refractivity contribution is 7.18. The molecule has 2 atom stereocenters. The highest BCUT2D eigenvalue weighted by Gasteiger charge is 2.37. The van der Waals surface area contributed by atoms with Gasteiger partial charge < -0.3 is 0 Å². The van der Waals surface area contributed by atoms with Crippen molar-refractivity contribution in [2.45, 2.75) is 31.8 Å². The molecule has 2 bridgehead atoms. The molecule has 0 unspecified atom stereocenters. The molecule has 3 nitrogen and oxygen atoms in total. The predicted molar refractivity (Wildman–Crippen MR) is 88.7 cm³/mol. The van der Waals surface area contributed by atoms with Crippen LogP contribution < -0.4 is 0 Å². The van der Waals surface area contributed by atoms with Gasteiger partial charge in [0.2, 0.25) is 0 Å². The molecule has 4 rings (SSSR count). The van der Waals surface area contributed by atoms with Gasteiger partial charge in [0, 0.05) is 25.7 Å². The van der Waals surface area contributed by atoms with E-state index >= 15 is 0 Å². The Labute approximate surface area is 130 Å². The normalized spacial score (nSPS) is 25.4. The van der Waals surface area contributed by atoms with E-state index in [4.69, 9.17) is 4.98 Å². The molecule has 2 heterocycles. The van der Waals surface area contributed by atoms with Crippen molar-refractivity contribution in [2.75, 3.05) is 26.7 Å². The fourth-order valence-corrected chi connectivity index (χ4v) is 4.94. The van der Waals surface area contributed by atoms with Crippen LogP contribution in [0.15, 0.2) is 24.3 Å². The fraction of sp³-hybridized carbons (Fsp3) is 0.588. The zero-order valence-electron chi connectivity index (χ0n) is 12.7. The Bertz CT molecular complexity index is 590. The summed E-state index contributed by atoms with van der Waals surface area (Å²) < 4.78 is 1.30.